The predicted molar refractivity (Wildman–Crippen MR) is 76.3 cm³/mol. The van der Waals surface area contributed by atoms with Crippen molar-refractivity contribution >= 4 is 0 Å². The van der Waals surface area contributed by atoms with Crippen LogP contribution in [0.2, 0.25) is 0 Å². The van der Waals surface area contributed by atoms with Gasteiger partial charge in [0.2, 0.25) is 0 Å². The van der Waals surface area contributed by atoms with E-state index in [9.17, 15) is 0 Å². The summed E-state index contributed by atoms with van der Waals surface area (Å²) >= 11 is 0. The first-order valence-corrected chi connectivity index (χ1v) is 6.60. The molecule has 102 valence electrons. The quantitative estimate of drug-likeness (QED) is 0.865. The number of benzene rings is 1. The average Bonchev–Trinajstić information content (AvgIpc) is 2.77. The molecule has 1 aromatic carbocycles. The lowest BCUT2D eigenvalue weighted by Gasteiger charge is -2.09. The summed E-state index contributed by atoms with van der Waals surface area (Å²) in [6.07, 6.45) is 4.66. The SMILES string of the molecule is Cc1nccn1CCOc1ccc(CC(C)N)cc1. The topological polar surface area (TPSA) is 53.1 Å². The summed E-state index contributed by atoms with van der Waals surface area (Å²) in [6.45, 7) is 5.46. The standard InChI is InChI=1S/C15H21N3O/c1-12(16)11-14-3-5-15(6-4-14)19-10-9-18-8-7-17-13(18)2/h3-8,12H,9-11,16H2,1-2H3. The highest BCUT2D eigenvalue weighted by Gasteiger charge is 2.00. The third-order valence-corrected chi connectivity index (χ3v) is 3.01. The van der Waals surface area contributed by atoms with E-state index in [-0.39, 0.29) is 6.04 Å². The van der Waals surface area contributed by atoms with Gasteiger partial charge in [0.05, 0.1) is 6.54 Å². The van der Waals surface area contributed by atoms with E-state index >= 15 is 0 Å². The Morgan fingerprint density at radius 2 is 2.05 bits per heavy atom. The van der Waals surface area contributed by atoms with Gasteiger partial charge in [-0.15, -0.1) is 0 Å². The molecule has 0 aliphatic rings. The minimum Gasteiger partial charge on any atom is -0.492 e. The fourth-order valence-electron chi connectivity index (χ4n) is 2.00. The Bertz CT molecular complexity index is 502. The number of nitrogens with two attached hydrogens (primary N) is 1. The van der Waals surface area contributed by atoms with Crippen molar-refractivity contribution in [3.63, 3.8) is 0 Å². The summed E-state index contributed by atoms with van der Waals surface area (Å²) in [5.74, 6) is 1.90. The molecule has 0 aliphatic carbocycles. The number of nitrogens with zero attached hydrogens (tertiary/aromatic N) is 2. The molecule has 0 saturated heterocycles. The number of aromatic nitrogens is 2. The monoisotopic (exact) mass is 259 g/mol. The van der Waals surface area contributed by atoms with E-state index in [2.05, 4.69) is 21.7 Å². The van der Waals surface area contributed by atoms with Gasteiger partial charge < -0.3 is 15.0 Å². The zero-order valence-electron chi connectivity index (χ0n) is 11.5. The minimum atomic E-state index is 0.191. The van der Waals surface area contributed by atoms with E-state index in [0.29, 0.717) is 6.61 Å². The fraction of sp³-hybridized carbons (Fsp3) is 0.400. The second-order valence-corrected chi connectivity index (χ2v) is 4.84. The molecule has 0 radical (unpaired) electrons. The Hall–Kier alpha value is -1.81. The summed E-state index contributed by atoms with van der Waals surface area (Å²) in [5.41, 5.74) is 7.01. The van der Waals surface area contributed by atoms with Crippen LogP contribution in [0.25, 0.3) is 0 Å². The molecule has 1 aromatic heterocycles. The van der Waals surface area contributed by atoms with Crippen LogP contribution in [0, 0.1) is 6.92 Å². The molecule has 1 unspecified atom stereocenters. The third-order valence-electron chi connectivity index (χ3n) is 3.01. The second-order valence-electron chi connectivity index (χ2n) is 4.84. The molecule has 0 fully saturated rings. The van der Waals surface area contributed by atoms with Crippen LogP contribution in [-0.2, 0) is 13.0 Å². The number of aryl methyl sites for hydroxylation is 1. The summed E-state index contributed by atoms with van der Waals surface area (Å²) < 4.78 is 7.79. The molecular formula is C15H21N3O. The van der Waals surface area contributed by atoms with Crippen molar-refractivity contribution in [2.24, 2.45) is 5.73 Å². The van der Waals surface area contributed by atoms with E-state index in [1.807, 2.05) is 32.2 Å². The summed E-state index contributed by atoms with van der Waals surface area (Å²) in [4.78, 5) is 4.18. The lowest BCUT2D eigenvalue weighted by atomic mass is 10.1. The van der Waals surface area contributed by atoms with E-state index in [4.69, 9.17) is 10.5 Å². The Labute approximate surface area is 114 Å². The Balaban J connectivity index is 1.81. The zero-order chi connectivity index (χ0) is 13.7. The first-order chi connectivity index (χ1) is 9.15. The lowest BCUT2D eigenvalue weighted by Crippen LogP contribution is -2.17. The van der Waals surface area contributed by atoms with Crippen molar-refractivity contribution in [1.29, 1.82) is 0 Å². The van der Waals surface area contributed by atoms with Gasteiger partial charge in [0.1, 0.15) is 18.2 Å². The van der Waals surface area contributed by atoms with Gasteiger partial charge in [0, 0.05) is 18.4 Å². The molecule has 0 aliphatic heterocycles. The number of hydrogen-bond donors (Lipinski definition) is 1. The molecule has 19 heavy (non-hydrogen) atoms. The van der Waals surface area contributed by atoms with E-state index in [1.165, 1.54) is 5.56 Å². The van der Waals surface area contributed by atoms with Crippen LogP contribution < -0.4 is 10.5 Å². The molecule has 0 saturated carbocycles. The normalized spacial score (nSPS) is 12.4. The molecule has 0 spiro atoms. The van der Waals surface area contributed by atoms with Crippen LogP contribution in [0.1, 0.15) is 18.3 Å². The molecule has 2 rings (SSSR count). The van der Waals surface area contributed by atoms with Gasteiger partial charge in [0.25, 0.3) is 0 Å². The van der Waals surface area contributed by atoms with Crippen molar-refractivity contribution in [2.75, 3.05) is 6.61 Å². The van der Waals surface area contributed by atoms with Gasteiger partial charge in [0.15, 0.2) is 0 Å². The maximum atomic E-state index is 5.77. The van der Waals surface area contributed by atoms with Gasteiger partial charge in [-0.25, -0.2) is 4.98 Å². The highest BCUT2D eigenvalue weighted by Crippen LogP contribution is 2.13. The smallest absolute Gasteiger partial charge is 0.119 e. The molecule has 2 aromatic rings. The van der Waals surface area contributed by atoms with Crippen molar-refractivity contribution in [3.8, 4) is 5.75 Å². The highest BCUT2D eigenvalue weighted by molar-refractivity contribution is 5.27. The van der Waals surface area contributed by atoms with Gasteiger partial charge in [-0.05, 0) is 38.0 Å². The van der Waals surface area contributed by atoms with Crippen LogP contribution in [0.3, 0.4) is 0 Å². The molecular weight excluding hydrogens is 238 g/mol. The van der Waals surface area contributed by atoms with Crippen LogP contribution in [-0.4, -0.2) is 22.2 Å². The van der Waals surface area contributed by atoms with E-state index in [1.54, 1.807) is 6.20 Å². The maximum Gasteiger partial charge on any atom is 0.119 e. The zero-order valence-corrected chi connectivity index (χ0v) is 11.5. The molecule has 0 bridgehead atoms. The summed E-state index contributed by atoms with van der Waals surface area (Å²) in [7, 11) is 0. The fourth-order valence-corrected chi connectivity index (χ4v) is 2.00. The largest absolute Gasteiger partial charge is 0.492 e. The molecule has 1 heterocycles. The van der Waals surface area contributed by atoms with Crippen molar-refractivity contribution in [3.05, 3.63) is 48.0 Å². The van der Waals surface area contributed by atoms with Gasteiger partial charge >= 0.3 is 0 Å². The Morgan fingerprint density at radius 1 is 1.32 bits per heavy atom. The molecule has 1 atom stereocenters. The van der Waals surface area contributed by atoms with E-state index in [0.717, 1.165) is 24.5 Å². The van der Waals surface area contributed by atoms with Crippen molar-refractivity contribution < 1.29 is 4.74 Å². The van der Waals surface area contributed by atoms with Crippen LogP contribution >= 0.6 is 0 Å². The minimum absolute atomic E-state index is 0.191. The number of imidazole rings is 1. The van der Waals surface area contributed by atoms with Gasteiger partial charge in [-0.1, -0.05) is 12.1 Å². The van der Waals surface area contributed by atoms with Crippen LogP contribution in [0.5, 0.6) is 5.75 Å². The molecule has 0 amide bonds. The third kappa shape index (κ3) is 4.10. The number of hydrogen-bond acceptors (Lipinski definition) is 3. The van der Waals surface area contributed by atoms with Crippen LogP contribution in [0.15, 0.2) is 36.7 Å². The average molecular weight is 259 g/mol. The van der Waals surface area contributed by atoms with Gasteiger partial charge in [-0.2, -0.15) is 0 Å². The Morgan fingerprint density at radius 3 is 2.63 bits per heavy atom. The number of ether oxygens (including phenoxy) is 1. The first kappa shape index (κ1) is 13.6. The first-order valence-electron chi connectivity index (χ1n) is 6.60. The van der Waals surface area contributed by atoms with E-state index < -0.39 is 0 Å². The van der Waals surface area contributed by atoms with Crippen molar-refractivity contribution in [1.82, 2.24) is 9.55 Å². The highest BCUT2D eigenvalue weighted by atomic mass is 16.5. The Kier molecular flexibility index (Phi) is 4.58. The van der Waals surface area contributed by atoms with Crippen LogP contribution in [0.4, 0.5) is 0 Å². The molecule has 4 heteroatoms. The number of rotatable bonds is 6. The lowest BCUT2D eigenvalue weighted by molar-refractivity contribution is 0.297. The summed E-state index contributed by atoms with van der Waals surface area (Å²) in [5, 5.41) is 0. The molecule has 4 nitrogen and oxygen atoms in total. The molecule has 2 N–H and O–H groups in total. The second kappa shape index (κ2) is 6.38. The summed E-state index contributed by atoms with van der Waals surface area (Å²) in [6, 6.07) is 8.33. The van der Waals surface area contributed by atoms with Crippen molar-refractivity contribution in [2.45, 2.75) is 32.9 Å². The maximum absolute atomic E-state index is 5.77. The predicted octanol–water partition coefficient (Wildman–Crippen LogP) is 2.16. The van der Waals surface area contributed by atoms with Gasteiger partial charge in [-0.3, -0.25) is 0 Å².